The molecule has 1 atom stereocenters. The molecule has 1 saturated carbocycles. The minimum Gasteiger partial charge on any atom is -0.381 e. The van der Waals surface area contributed by atoms with E-state index in [0.717, 1.165) is 25.7 Å². The largest absolute Gasteiger partial charge is 0.381 e. The van der Waals surface area contributed by atoms with Gasteiger partial charge in [-0.15, -0.1) is 0 Å². The third kappa shape index (κ3) is 0.867. The maximum atomic E-state index is 5.69. The van der Waals surface area contributed by atoms with Crippen molar-refractivity contribution in [1.82, 2.24) is 0 Å². The Hall–Kier alpha value is -0.0800. The second kappa shape index (κ2) is 2.21. The third-order valence-electron chi connectivity index (χ3n) is 3.09. The molecule has 2 heteroatoms. The molecule has 1 saturated heterocycles. The van der Waals surface area contributed by atoms with Gasteiger partial charge < -0.3 is 10.5 Å². The Balaban J connectivity index is 1.96. The molecule has 0 aromatic carbocycles. The first-order valence-electron chi connectivity index (χ1n) is 4.15. The molecule has 2 rings (SSSR count). The number of nitrogens with two attached hydrogens (primary N) is 1. The van der Waals surface area contributed by atoms with Crippen LogP contribution in [-0.4, -0.2) is 19.8 Å². The third-order valence-corrected chi connectivity index (χ3v) is 3.09. The molecule has 2 nitrogen and oxygen atoms in total. The Bertz CT molecular complexity index is 125. The molecule has 0 amide bonds. The summed E-state index contributed by atoms with van der Waals surface area (Å²) in [5.74, 6) is 0.789. The standard InChI is InChI=1S/C8H15NO/c9-6-8(2-3-8)7-1-4-10-5-7/h7H,1-6,9H2. The summed E-state index contributed by atoms with van der Waals surface area (Å²) >= 11 is 0. The van der Waals surface area contributed by atoms with Crippen molar-refractivity contribution in [2.75, 3.05) is 19.8 Å². The number of rotatable bonds is 2. The molecule has 0 aromatic heterocycles. The zero-order valence-electron chi connectivity index (χ0n) is 6.31. The number of ether oxygens (including phenoxy) is 1. The lowest BCUT2D eigenvalue weighted by Crippen LogP contribution is -2.25. The van der Waals surface area contributed by atoms with Gasteiger partial charge >= 0.3 is 0 Å². The van der Waals surface area contributed by atoms with E-state index in [1.807, 2.05) is 0 Å². The van der Waals surface area contributed by atoms with Crippen molar-refractivity contribution in [3.05, 3.63) is 0 Å². The molecule has 1 unspecified atom stereocenters. The Morgan fingerprint density at radius 2 is 2.30 bits per heavy atom. The Morgan fingerprint density at radius 3 is 2.70 bits per heavy atom. The monoisotopic (exact) mass is 141 g/mol. The van der Waals surface area contributed by atoms with Crippen LogP contribution in [0, 0.1) is 11.3 Å². The molecule has 2 N–H and O–H groups in total. The fourth-order valence-corrected chi connectivity index (χ4v) is 1.96. The van der Waals surface area contributed by atoms with Crippen molar-refractivity contribution in [3.63, 3.8) is 0 Å². The van der Waals surface area contributed by atoms with Crippen molar-refractivity contribution in [2.45, 2.75) is 19.3 Å². The molecule has 1 aliphatic heterocycles. The van der Waals surface area contributed by atoms with E-state index in [2.05, 4.69) is 0 Å². The van der Waals surface area contributed by atoms with Crippen LogP contribution in [0.3, 0.4) is 0 Å². The predicted molar refractivity (Wildman–Crippen MR) is 39.6 cm³/mol. The molecule has 10 heavy (non-hydrogen) atoms. The van der Waals surface area contributed by atoms with Crippen LogP contribution < -0.4 is 5.73 Å². The Kier molecular flexibility index (Phi) is 1.46. The van der Waals surface area contributed by atoms with Crippen LogP contribution in [0.15, 0.2) is 0 Å². The van der Waals surface area contributed by atoms with Crippen molar-refractivity contribution in [1.29, 1.82) is 0 Å². The van der Waals surface area contributed by atoms with Gasteiger partial charge in [0, 0.05) is 6.61 Å². The maximum Gasteiger partial charge on any atom is 0.0500 e. The van der Waals surface area contributed by atoms with Crippen LogP contribution in [0.2, 0.25) is 0 Å². The van der Waals surface area contributed by atoms with Gasteiger partial charge in [-0.2, -0.15) is 0 Å². The highest BCUT2D eigenvalue weighted by Gasteiger charge is 2.48. The van der Waals surface area contributed by atoms with Gasteiger partial charge in [-0.25, -0.2) is 0 Å². The summed E-state index contributed by atoms with van der Waals surface area (Å²) in [6.45, 7) is 2.81. The first-order valence-corrected chi connectivity index (χ1v) is 4.15. The molecule has 0 radical (unpaired) electrons. The van der Waals surface area contributed by atoms with Crippen molar-refractivity contribution >= 4 is 0 Å². The lowest BCUT2D eigenvalue weighted by atomic mass is 9.89. The Labute approximate surface area is 61.7 Å². The van der Waals surface area contributed by atoms with E-state index in [9.17, 15) is 0 Å². The zero-order valence-corrected chi connectivity index (χ0v) is 6.31. The van der Waals surface area contributed by atoms with Crippen LogP contribution in [0.1, 0.15) is 19.3 Å². The van der Waals surface area contributed by atoms with Gasteiger partial charge in [0.25, 0.3) is 0 Å². The van der Waals surface area contributed by atoms with Crippen LogP contribution in [0.25, 0.3) is 0 Å². The van der Waals surface area contributed by atoms with Crippen molar-refractivity contribution in [2.24, 2.45) is 17.1 Å². The van der Waals surface area contributed by atoms with Crippen LogP contribution >= 0.6 is 0 Å². The smallest absolute Gasteiger partial charge is 0.0500 e. The maximum absolute atomic E-state index is 5.69. The van der Waals surface area contributed by atoms with Crippen LogP contribution in [0.4, 0.5) is 0 Å². The van der Waals surface area contributed by atoms with Crippen LogP contribution in [-0.2, 0) is 4.74 Å². The Morgan fingerprint density at radius 1 is 1.50 bits per heavy atom. The van der Waals surface area contributed by atoms with Crippen LogP contribution in [0.5, 0.6) is 0 Å². The van der Waals surface area contributed by atoms with Gasteiger partial charge in [-0.05, 0) is 37.1 Å². The van der Waals surface area contributed by atoms with E-state index in [1.54, 1.807) is 0 Å². The number of hydrogen-bond acceptors (Lipinski definition) is 2. The first-order chi connectivity index (χ1) is 4.87. The minimum atomic E-state index is 0.524. The first kappa shape index (κ1) is 6.62. The molecular weight excluding hydrogens is 126 g/mol. The van der Waals surface area contributed by atoms with E-state index in [4.69, 9.17) is 10.5 Å². The molecule has 0 aromatic rings. The summed E-state index contributed by atoms with van der Waals surface area (Å²) in [6, 6.07) is 0. The normalized spacial score (nSPS) is 36.3. The van der Waals surface area contributed by atoms with Gasteiger partial charge in [-0.1, -0.05) is 0 Å². The zero-order chi connectivity index (χ0) is 7.03. The van der Waals surface area contributed by atoms with Gasteiger partial charge in [0.15, 0.2) is 0 Å². The lowest BCUT2D eigenvalue weighted by molar-refractivity contribution is 0.168. The van der Waals surface area contributed by atoms with Crippen molar-refractivity contribution < 1.29 is 4.74 Å². The van der Waals surface area contributed by atoms with Gasteiger partial charge in [-0.3, -0.25) is 0 Å². The van der Waals surface area contributed by atoms with Crippen molar-refractivity contribution in [3.8, 4) is 0 Å². The number of hydrogen-bond donors (Lipinski definition) is 1. The summed E-state index contributed by atoms with van der Waals surface area (Å²) in [5.41, 5.74) is 6.22. The molecule has 1 heterocycles. The van der Waals surface area contributed by atoms with E-state index < -0.39 is 0 Å². The summed E-state index contributed by atoms with van der Waals surface area (Å²) in [5, 5.41) is 0. The highest BCUT2D eigenvalue weighted by Crippen LogP contribution is 2.53. The van der Waals surface area contributed by atoms with Gasteiger partial charge in [0.05, 0.1) is 6.61 Å². The highest BCUT2D eigenvalue weighted by molar-refractivity contribution is 5.00. The quantitative estimate of drug-likeness (QED) is 0.616. The predicted octanol–water partition coefficient (Wildman–Crippen LogP) is 0.762. The summed E-state index contributed by atoms with van der Waals surface area (Å²) < 4.78 is 5.33. The fourth-order valence-electron chi connectivity index (χ4n) is 1.96. The van der Waals surface area contributed by atoms with Gasteiger partial charge in [0.1, 0.15) is 0 Å². The minimum absolute atomic E-state index is 0.524. The molecule has 1 aliphatic carbocycles. The van der Waals surface area contributed by atoms with E-state index in [1.165, 1.54) is 19.3 Å². The van der Waals surface area contributed by atoms with E-state index >= 15 is 0 Å². The SMILES string of the molecule is NCC1(C2CCOC2)CC1. The molecule has 0 bridgehead atoms. The molecule has 0 spiro atoms. The van der Waals surface area contributed by atoms with Gasteiger partial charge in [0.2, 0.25) is 0 Å². The molecule has 58 valence electrons. The molecule has 2 fully saturated rings. The van der Waals surface area contributed by atoms with E-state index in [0.29, 0.717) is 5.41 Å². The average Bonchev–Trinajstić information content (AvgIpc) is 2.58. The highest BCUT2D eigenvalue weighted by atomic mass is 16.5. The summed E-state index contributed by atoms with van der Waals surface area (Å²) in [4.78, 5) is 0. The molecule has 2 aliphatic rings. The second-order valence-electron chi connectivity index (χ2n) is 3.63. The second-order valence-corrected chi connectivity index (χ2v) is 3.63. The fraction of sp³-hybridized carbons (Fsp3) is 1.00. The summed E-state index contributed by atoms with van der Waals surface area (Å²) in [7, 11) is 0. The average molecular weight is 141 g/mol. The summed E-state index contributed by atoms with van der Waals surface area (Å²) in [6.07, 6.45) is 3.94. The molecular formula is C8H15NO. The topological polar surface area (TPSA) is 35.2 Å². The lowest BCUT2D eigenvalue weighted by Gasteiger charge is -2.18. The van der Waals surface area contributed by atoms with E-state index in [-0.39, 0.29) is 0 Å².